The standard InChI is InChI=1S/C7H8F2N2O/c1-3-6(7(8)9)4(12)2-5(10)11-3/h2,7H,1H3,(H3,10,11,12). The van der Waals surface area contributed by atoms with Crippen molar-refractivity contribution in [1.29, 1.82) is 0 Å². The van der Waals surface area contributed by atoms with E-state index in [2.05, 4.69) is 4.98 Å². The van der Waals surface area contributed by atoms with E-state index in [9.17, 15) is 13.6 Å². The Balaban J connectivity index is 3.39. The highest BCUT2D eigenvalue weighted by atomic mass is 19.3. The summed E-state index contributed by atoms with van der Waals surface area (Å²) >= 11 is 0. The van der Waals surface area contributed by atoms with Crippen LogP contribution in [0, 0.1) is 6.92 Å². The second kappa shape index (κ2) is 2.92. The van der Waals surface area contributed by atoms with E-state index >= 15 is 0 Å². The molecule has 0 saturated carbocycles. The number of anilines is 1. The highest BCUT2D eigenvalue weighted by molar-refractivity contribution is 5.34. The first kappa shape index (κ1) is 8.70. The Morgan fingerprint density at radius 2 is 2.17 bits per heavy atom. The molecule has 0 spiro atoms. The Morgan fingerprint density at radius 1 is 1.58 bits per heavy atom. The monoisotopic (exact) mass is 174 g/mol. The van der Waals surface area contributed by atoms with E-state index in [1.54, 1.807) is 0 Å². The fourth-order valence-corrected chi connectivity index (χ4v) is 0.995. The number of aromatic amines is 1. The molecular weight excluding hydrogens is 166 g/mol. The maximum atomic E-state index is 12.2. The van der Waals surface area contributed by atoms with Crippen LogP contribution in [0.4, 0.5) is 14.6 Å². The van der Waals surface area contributed by atoms with E-state index in [0.717, 1.165) is 6.07 Å². The minimum Gasteiger partial charge on any atom is -0.385 e. The first-order valence-electron chi connectivity index (χ1n) is 3.30. The third-order valence-electron chi connectivity index (χ3n) is 1.51. The van der Waals surface area contributed by atoms with Crippen molar-refractivity contribution >= 4 is 5.82 Å². The SMILES string of the molecule is Cc1[nH]c(N)cc(=O)c1C(F)F. The summed E-state index contributed by atoms with van der Waals surface area (Å²) in [6.07, 6.45) is -2.76. The van der Waals surface area contributed by atoms with Crippen LogP contribution in [-0.4, -0.2) is 4.98 Å². The molecule has 66 valence electrons. The minimum absolute atomic E-state index is 0.0990. The predicted molar refractivity (Wildman–Crippen MR) is 41.2 cm³/mol. The second-order valence-electron chi connectivity index (χ2n) is 2.43. The van der Waals surface area contributed by atoms with Crippen LogP contribution < -0.4 is 11.2 Å². The Morgan fingerprint density at radius 3 is 2.58 bits per heavy atom. The molecular formula is C7H8F2N2O. The number of aryl methyl sites for hydroxylation is 1. The van der Waals surface area contributed by atoms with Gasteiger partial charge >= 0.3 is 0 Å². The van der Waals surface area contributed by atoms with Gasteiger partial charge in [-0.2, -0.15) is 0 Å². The molecule has 1 aromatic heterocycles. The van der Waals surface area contributed by atoms with Crippen molar-refractivity contribution in [3.05, 3.63) is 27.5 Å². The Bertz CT molecular complexity index is 346. The number of H-pyrrole nitrogens is 1. The van der Waals surface area contributed by atoms with Crippen LogP contribution in [0.25, 0.3) is 0 Å². The van der Waals surface area contributed by atoms with Gasteiger partial charge in [0.25, 0.3) is 6.43 Å². The third kappa shape index (κ3) is 1.44. The lowest BCUT2D eigenvalue weighted by Gasteiger charge is -2.03. The number of aromatic nitrogens is 1. The van der Waals surface area contributed by atoms with Gasteiger partial charge in [0.2, 0.25) is 0 Å². The Labute approximate surface area is 67.2 Å². The predicted octanol–water partition coefficient (Wildman–Crippen LogP) is 1.20. The summed E-state index contributed by atoms with van der Waals surface area (Å²) in [5.41, 5.74) is 4.12. The number of halogens is 2. The minimum atomic E-state index is -2.76. The molecule has 0 atom stereocenters. The van der Waals surface area contributed by atoms with E-state index < -0.39 is 17.4 Å². The molecule has 0 amide bonds. The van der Waals surface area contributed by atoms with Gasteiger partial charge in [0, 0.05) is 11.8 Å². The fourth-order valence-electron chi connectivity index (χ4n) is 0.995. The Kier molecular flexibility index (Phi) is 2.12. The topological polar surface area (TPSA) is 58.9 Å². The number of alkyl halides is 2. The van der Waals surface area contributed by atoms with Crippen LogP contribution in [0.2, 0.25) is 0 Å². The second-order valence-corrected chi connectivity index (χ2v) is 2.43. The lowest BCUT2D eigenvalue weighted by Crippen LogP contribution is -2.13. The molecule has 1 rings (SSSR count). The average Bonchev–Trinajstić information content (AvgIpc) is 1.82. The zero-order chi connectivity index (χ0) is 9.30. The van der Waals surface area contributed by atoms with E-state index in [4.69, 9.17) is 5.73 Å². The number of pyridine rings is 1. The number of rotatable bonds is 1. The molecule has 0 radical (unpaired) electrons. The summed E-state index contributed by atoms with van der Waals surface area (Å²) < 4.78 is 24.3. The van der Waals surface area contributed by atoms with Crippen LogP contribution in [-0.2, 0) is 0 Å². The lowest BCUT2D eigenvalue weighted by molar-refractivity contribution is 0.149. The fraction of sp³-hybridized carbons (Fsp3) is 0.286. The Hall–Kier alpha value is -1.39. The van der Waals surface area contributed by atoms with E-state index in [0.29, 0.717) is 0 Å². The third-order valence-corrected chi connectivity index (χ3v) is 1.51. The molecule has 0 saturated heterocycles. The lowest BCUT2D eigenvalue weighted by atomic mass is 10.2. The summed E-state index contributed by atoms with van der Waals surface area (Å²) in [6, 6.07) is 0.953. The number of nitrogen functional groups attached to an aromatic ring is 1. The summed E-state index contributed by atoms with van der Waals surface area (Å²) in [5, 5.41) is 0. The van der Waals surface area contributed by atoms with Crippen LogP contribution in [0.5, 0.6) is 0 Å². The van der Waals surface area contributed by atoms with Crippen molar-refractivity contribution in [3.63, 3.8) is 0 Å². The molecule has 3 nitrogen and oxygen atoms in total. The molecule has 12 heavy (non-hydrogen) atoms. The zero-order valence-electron chi connectivity index (χ0n) is 6.40. The van der Waals surface area contributed by atoms with E-state index in [1.807, 2.05) is 0 Å². The van der Waals surface area contributed by atoms with Crippen LogP contribution >= 0.6 is 0 Å². The molecule has 0 unspecified atom stereocenters. The molecule has 5 heteroatoms. The summed E-state index contributed by atoms with van der Waals surface area (Å²) in [4.78, 5) is 13.4. The average molecular weight is 174 g/mol. The van der Waals surface area contributed by atoms with Gasteiger partial charge in [0.1, 0.15) is 5.82 Å². The van der Waals surface area contributed by atoms with Gasteiger partial charge in [0.15, 0.2) is 5.43 Å². The summed E-state index contributed by atoms with van der Waals surface area (Å²) in [7, 11) is 0. The zero-order valence-corrected chi connectivity index (χ0v) is 6.40. The number of hydrogen-bond donors (Lipinski definition) is 2. The highest BCUT2D eigenvalue weighted by Gasteiger charge is 2.15. The summed E-state index contributed by atoms with van der Waals surface area (Å²) in [5.74, 6) is 0.0990. The molecule has 1 aromatic rings. The van der Waals surface area contributed by atoms with Crippen molar-refractivity contribution in [2.24, 2.45) is 0 Å². The first-order chi connectivity index (χ1) is 5.52. The maximum Gasteiger partial charge on any atom is 0.269 e. The normalized spacial score (nSPS) is 10.7. The highest BCUT2D eigenvalue weighted by Crippen LogP contribution is 2.17. The first-order valence-corrected chi connectivity index (χ1v) is 3.30. The molecule has 0 aliphatic carbocycles. The summed E-state index contributed by atoms with van der Waals surface area (Å²) in [6.45, 7) is 1.39. The number of nitrogens with two attached hydrogens (primary N) is 1. The molecule has 3 N–H and O–H groups in total. The van der Waals surface area contributed by atoms with Gasteiger partial charge in [-0.1, -0.05) is 0 Å². The van der Waals surface area contributed by atoms with Crippen molar-refractivity contribution in [2.45, 2.75) is 13.3 Å². The van der Waals surface area contributed by atoms with Crippen LogP contribution in [0.3, 0.4) is 0 Å². The van der Waals surface area contributed by atoms with Crippen molar-refractivity contribution < 1.29 is 8.78 Å². The van der Waals surface area contributed by atoms with E-state index in [-0.39, 0.29) is 11.5 Å². The number of nitrogens with one attached hydrogen (secondary N) is 1. The van der Waals surface area contributed by atoms with E-state index in [1.165, 1.54) is 6.92 Å². The van der Waals surface area contributed by atoms with Crippen molar-refractivity contribution in [1.82, 2.24) is 4.98 Å². The van der Waals surface area contributed by atoms with Gasteiger partial charge in [-0.3, -0.25) is 4.79 Å². The molecule has 1 heterocycles. The van der Waals surface area contributed by atoms with Gasteiger partial charge in [-0.15, -0.1) is 0 Å². The van der Waals surface area contributed by atoms with Gasteiger partial charge in [0.05, 0.1) is 5.56 Å². The van der Waals surface area contributed by atoms with Crippen molar-refractivity contribution in [2.75, 3.05) is 5.73 Å². The van der Waals surface area contributed by atoms with Gasteiger partial charge in [-0.05, 0) is 6.92 Å². The quantitative estimate of drug-likeness (QED) is 0.672. The number of hydrogen-bond acceptors (Lipinski definition) is 2. The molecule has 0 aromatic carbocycles. The smallest absolute Gasteiger partial charge is 0.269 e. The maximum absolute atomic E-state index is 12.2. The van der Waals surface area contributed by atoms with Crippen LogP contribution in [0.1, 0.15) is 17.7 Å². The molecule has 0 aliphatic heterocycles. The molecule has 0 fully saturated rings. The largest absolute Gasteiger partial charge is 0.385 e. The van der Waals surface area contributed by atoms with Crippen LogP contribution in [0.15, 0.2) is 10.9 Å². The van der Waals surface area contributed by atoms with Gasteiger partial charge in [-0.25, -0.2) is 8.78 Å². The molecule has 0 aliphatic rings. The molecule has 0 bridgehead atoms. The van der Waals surface area contributed by atoms with Crippen molar-refractivity contribution in [3.8, 4) is 0 Å². The van der Waals surface area contributed by atoms with Gasteiger partial charge < -0.3 is 10.7 Å².